The minimum absolute atomic E-state index is 0.0958. The average Bonchev–Trinajstić information content (AvgIpc) is 3.20. The number of likely N-dealkylation sites (tertiary alicyclic amines) is 1. The SMILES string of the molecule is CCn1cc(CN2CCC(NC(C)=O)(c3nc(C)no3)C2)cn1. The van der Waals surface area contributed by atoms with E-state index in [9.17, 15) is 4.79 Å². The molecule has 0 spiro atoms. The Morgan fingerprint density at radius 1 is 1.52 bits per heavy atom. The van der Waals surface area contributed by atoms with E-state index in [2.05, 4.69) is 38.6 Å². The number of carbonyl (C=O) groups excluding carboxylic acids is 1. The number of aromatic nitrogens is 4. The van der Waals surface area contributed by atoms with Crippen molar-refractivity contribution in [1.82, 2.24) is 30.1 Å². The van der Waals surface area contributed by atoms with Gasteiger partial charge in [-0.25, -0.2) is 0 Å². The number of rotatable bonds is 5. The Kier molecular flexibility index (Phi) is 4.16. The molecule has 3 rings (SSSR count). The first-order valence-electron chi connectivity index (χ1n) is 7.84. The molecule has 2 aromatic heterocycles. The van der Waals surface area contributed by atoms with Crippen LogP contribution in [0.2, 0.25) is 0 Å². The Morgan fingerprint density at radius 3 is 2.96 bits per heavy atom. The van der Waals surface area contributed by atoms with Gasteiger partial charge in [-0.1, -0.05) is 5.16 Å². The number of nitrogens with zero attached hydrogens (tertiary/aromatic N) is 5. The Balaban J connectivity index is 1.76. The van der Waals surface area contributed by atoms with Gasteiger partial charge < -0.3 is 9.84 Å². The molecular formula is C15H22N6O2. The highest BCUT2D eigenvalue weighted by Gasteiger charge is 2.45. The second-order valence-electron chi connectivity index (χ2n) is 6.07. The van der Waals surface area contributed by atoms with Crippen molar-refractivity contribution in [3.8, 4) is 0 Å². The predicted octanol–water partition coefficient (Wildman–Crippen LogP) is 0.832. The third kappa shape index (κ3) is 3.26. The van der Waals surface area contributed by atoms with Crippen molar-refractivity contribution in [2.45, 2.75) is 45.8 Å². The van der Waals surface area contributed by atoms with Crippen LogP contribution < -0.4 is 5.32 Å². The summed E-state index contributed by atoms with van der Waals surface area (Å²) >= 11 is 0. The van der Waals surface area contributed by atoms with Gasteiger partial charge in [-0.2, -0.15) is 10.1 Å². The average molecular weight is 318 g/mol. The zero-order valence-electron chi connectivity index (χ0n) is 13.7. The first-order chi connectivity index (χ1) is 11.0. The van der Waals surface area contributed by atoms with E-state index in [-0.39, 0.29) is 5.91 Å². The lowest BCUT2D eigenvalue weighted by Gasteiger charge is -2.26. The molecular weight excluding hydrogens is 296 g/mol. The molecule has 0 saturated carbocycles. The third-order valence-electron chi connectivity index (χ3n) is 4.12. The van der Waals surface area contributed by atoms with Crippen molar-refractivity contribution < 1.29 is 9.32 Å². The highest BCUT2D eigenvalue weighted by Crippen LogP contribution is 2.32. The van der Waals surface area contributed by atoms with Crippen molar-refractivity contribution >= 4 is 5.91 Å². The molecule has 1 aliphatic heterocycles. The van der Waals surface area contributed by atoms with Gasteiger partial charge in [0.15, 0.2) is 5.82 Å². The van der Waals surface area contributed by atoms with E-state index in [4.69, 9.17) is 4.52 Å². The summed E-state index contributed by atoms with van der Waals surface area (Å²) in [4.78, 5) is 18.3. The van der Waals surface area contributed by atoms with Crippen LogP contribution in [-0.4, -0.2) is 43.8 Å². The molecule has 23 heavy (non-hydrogen) atoms. The fraction of sp³-hybridized carbons (Fsp3) is 0.600. The van der Waals surface area contributed by atoms with Crippen molar-refractivity contribution in [2.24, 2.45) is 0 Å². The molecule has 0 radical (unpaired) electrons. The van der Waals surface area contributed by atoms with Gasteiger partial charge in [-0.15, -0.1) is 0 Å². The summed E-state index contributed by atoms with van der Waals surface area (Å²) < 4.78 is 7.26. The van der Waals surface area contributed by atoms with Gasteiger partial charge >= 0.3 is 0 Å². The van der Waals surface area contributed by atoms with E-state index >= 15 is 0 Å². The molecule has 8 nitrogen and oxygen atoms in total. The van der Waals surface area contributed by atoms with Crippen LogP contribution in [-0.2, 0) is 23.4 Å². The molecule has 0 aliphatic carbocycles. The molecule has 1 saturated heterocycles. The summed E-state index contributed by atoms with van der Waals surface area (Å²) in [5, 5.41) is 11.2. The predicted molar refractivity (Wildman–Crippen MR) is 82.3 cm³/mol. The second-order valence-corrected chi connectivity index (χ2v) is 6.07. The first kappa shape index (κ1) is 15.7. The van der Waals surface area contributed by atoms with E-state index in [0.29, 0.717) is 18.3 Å². The van der Waals surface area contributed by atoms with E-state index in [1.807, 2.05) is 10.9 Å². The molecule has 1 atom stereocenters. The molecule has 8 heteroatoms. The van der Waals surface area contributed by atoms with Crippen LogP contribution in [0.1, 0.15) is 37.5 Å². The van der Waals surface area contributed by atoms with Gasteiger partial charge in [0.1, 0.15) is 5.54 Å². The summed E-state index contributed by atoms with van der Waals surface area (Å²) in [6.07, 6.45) is 4.68. The van der Waals surface area contributed by atoms with Crippen LogP contribution in [0.5, 0.6) is 0 Å². The van der Waals surface area contributed by atoms with E-state index in [0.717, 1.165) is 31.6 Å². The molecule has 1 aliphatic rings. The molecule has 3 heterocycles. The lowest BCUT2D eigenvalue weighted by Crippen LogP contribution is -2.47. The number of hydrogen-bond donors (Lipinski definition) is 1. The monoisotopic (exact) mass is 318 g/mol. The summed E-state index contributed by atoms with van der Waals surface area (Å²) in [6.45, 7) is 8.49. The van der Waals surface area contributed by atoms with E-state index in [1.54, 1.807) is 6.92 Å². The van der Waals surface area contributed by atoms with Crippen LogP contribution in [0.3, 0.4) is 0 Å². The zero-order chi connectivity index (χ0) is 16.4. The molecule has 2 aromatic rings. The fourth-order valence-corrected chi connectivity index (χ4v) is 3.10. The van der Waals surface area contributed by atoms with Crippen LogP contribution in [0.15, 0.2) is 16.9 Å². The zero-order valence-corrected chi connectivity index (χ0v) is 13.7. The van der Waals surface area contributed by atoms with Crippen molar-refractivity contribution in [3.05, 3.63) is 29.7 Å². The highest BCUT2D eigenvalue weighted by molar-refractivity contribution is 5.74. The van der Waals surface area contributed by atoms with Gasteiger partial charge in [0, 0.05) is 44.9 Å². The summed E-state index contributed by atoms with van der Waals surface area (Å²) in [5.74, 6) is 0.964. The van der Waals surface area contributed by atoms with Crippen molar-refractivity contribution in [1.29, 1.82) is 0 Å². The maximum absolute atomic E-state index is 11.7. The number of nitrogens with one attached hydrogen (secondary N) is 1. The Bertz CT molecular complexity index is 694. The molecule has 1 N–H and O–H groups in total. The summed E-state index contributed by atoms with van der Waals surface area (Å²) in [6, 6.07) is 0. The minimum Gasteiger partial charge on any atom is -0.341 e. The quantitative estimate of drug-likeness (QED) is 0.878. The van der Waals surface area contributed by atoms with Gasteiger partial charge in [-0.3, -0.25) is 14.4 Å². The Morgan fingerprint density at radius 2 is 2.35 bits per heavy atom. The number of hydrogen-bond acceptors (Lipinski definition) is 6. The third-order valence-corrected chi connectivity index (χ3v) is 4.12. The van der Waals surface area contributed by atoms with Crippen LogP contribution in [0, 0.1) is 6.92 Å². The van der Waals surface area contributed by atoms with Crippen molar-refractivity contribution in [3.63, 3.8) is 0 Å². The lowest BCUT2D eigenvalue weighted by atomic mass is 9.98. The Hall–Kier alpha value is -2.22. The topological polar surface area (TPSA) is 89.1 Å². The number of carbonyl (C=O) groups is 1. The van der Waals surface area contributed by atoms with Gasteiger partial charge in [0.05, 0.1) is 6.20 Å². The van der Waals surface area contributed by atoms with Crippen LogP contribution in [0.25, 0.3) is 0 Å². The van der Waals surface area contributed by atoms with Gasteiger partial charge in [-0.05, 0) is 20.3 Å². The maximum Gasteiger partial charge on any atom is 0.253 e. The molecule has 1 fully saturated rings. The molecule has 0 bridgehead atoms. The van der Waals surface area contributed by atoms with Crippen molar-refractivity contribution in [2.75, 3.05) is 13.1 Å². The number of aryl methyl sites for hydroxylation is 2. The minimum atomic E-state index is -0.603. The van der Waals surface area contributed by atoms with Crippen LogP contribution >= 0.6 is 0 Å². The first-order valence-corrected chi connectivity index (χ1v) is 7.84. The van der Waals surface area contributed by atoms with Gasteiger partial charge in [0.25, 0.3) is 5.89 Å². The summed E-state index contributed by atoms with van der Waals surface area (Å²) in [7, 11) is 0. The standard InChI is InChI=1S/C15H22N6O2/c1-4-21-9-13(7-16-21)8-20-6-5-15(10-20,18-12(3)22)14-17-11(2)19-23-14/h7,9H,4-6,8,10H2,1-3H3,(H,18,22). The van der Waals surface area contributed by atoms with E-state index in [1.165, 1.54) is 6.92 Å². The second kappa shape index (κ2) is 6.11. The van der Waals surface area contributed by atoms with Gasteiger partial charge in [0.2, 0.25) is 5.91 Å². The molecule has 1 unspecified atom stereocenters. The normalized spacial score (nSPS) is 21.7. The Labute approximate surface area is 134 Å². The van der Waals surface area contributed by atoms with Crippen LogP contribution in [0.4, 0.5) is 0 Å². The van der Waals surface area contributed by atoms with E-state index < -0.39 is 5.54 Å². The summed E-state index contributed by atoms with van der Waals surface area (Å²) in [5.41, 5.74) is 0.556. The molecule has 0 aromatic carbocycles. The fourth-order valence-electron chi connectivity index (χ4n) is 3.10. The smallest absolute Gasteiger partial charge is 0.253 e. The molecule has 124 valence electrons. The molecule has 1 amide bonds. The lowest BCUT2D eigenvalue weighted by molar-refractivity contribution is -0.121. The number of amides is 1. The maximum atomic E-state index is 11.7. The largest absolute Gasteiger partial charge is 0.341 e. The highest BCUT2D eigenvalue weighted by atomic mass is 16.5.